The molecular weight excluding hydrogens is 496 g/mol. The third-order valence-corrected chi connectivity index (χ3v) is 7.59. The van der Waals surface area contributed by atoms with Gasteiger partial charge >= 0.3 is 0 Å². The molecule has 2 N–H and O–H groups in total. The van der Waals surface area contributed by atoms with Crippen LogP contribution in [0, 0.1) is 0 Å². The molecule has 194 valence electrons. The number of pyridine rings is 1. The Balaban J connectivity index is 1.56. The molecule has 8 nitrogen and oxygen atoms in total. The Labute approximate surface area is 222 Å². The zero-order chi connectivity index (χ0) is 26.8. The first-order chi connectivity index (χ1) is 18.2. The Morgan fingerprint density at radius 3 is 2.32 bits per heavy atom. The van der Waals surface area contributed by atoms with Crippen LogP contribution < -0.4 is 10.0 Å². The Morgan fingerprint density at radius 2 is 1.61 bits per heavy atom. The number of sulfonamides is 1. The Hall–Kier alpha value is -4.08. The van der Waals surface area contributed by atoms with E-state index in [2.05, 4.69) is 39.3 Å². The highest BCUT2D eigenvalue weighted by Gasteiger charge is 2.23. The molecule has 3 heterocycles. The quantitative estimate of drug-likeness (QED) is 0.289. The molecule has 0 saturated carbocycles. The minimum atomic E-state index is -3.77. The number of hydrogen-bond donors (Lipinski definition) is 2. The molecule has 2 aromatic carbocycles. The lowest BCUT2D eigenvalue weighted by atomic mass is 10.1. The van der Waals surface area contributed by atoms with Crippen molar-refractivity contribution < 1.29 is 8.42 Å². The van der Waals surface area contributed by atoms with Gasteiger partial charge in [-0.1, -0.05) is 60.7 Å². The number of fused-ring (bicyclic) bond motifs is 1. The van der Waals surface area contributed by atoms with Crippen LogP contribution in [0.15, 0.2) is 96.3 Å². The van der Waals surface area contributed by atoms with E-state index >= 15 is 0 Å². The van der Waals surface area contributed by atoms with Gasteiger partial charge in [0.15, 0.2) is 11.6 Å². The second-order valence-electron chi connectivity index (χ2n) is 10.1. The van der Waals surface area contributed by atoms with E-state index in [9.17, 15) is 8.42 Å². The summed E-state index contributed by atoms with van der Waals surface area (Å²) in [4.78, 5) is 9.11. The lowest BCUT2D eigenvalue weighted by Gasteiger charge is -2.20. The van der Waals surface area contributed by atoms with Crippen molar-refractivity contribution in [2.24, 2.45) is 0 Å². The highest BCUT2D eigenvalue weighted by atomic mass is 32.2. The fraction of sp³-hybridized carbons (Fsp3) is 0.207. The lowest BCUT2D eigenvalue weighted by Crippen LogP contribution is -2.40. The monoisotopic (exact) mass is 526 g/mol. The van der Waals surface area contributed by atoms with Gasteiger partial charge in [0.1, 0.15) is 10.4 Å². The van der Waals surface area contributed by atoms with E-state index in [1.807, 2.05) is 48.7 Å². The Bertz CT molecular complexity index is 1660. The summed E-state index contributed by atoms with van der Waals surface area (Å²) in [5, 5.41) is 8.22. The molecular formula is C29H30N6O2S. The number of hydrogen-bond acceptors (Lipinski definition) is 6. The molecule has 38 heavy (non-hydrogen) atoms. The van der Waals surface area contributed by atoms with Crippen LogP contribution in [0.3, 0.4) is 0 Å². The van der Waals surface area contributed by atoms with Crippen molar-refractivity contribution in [2.45, 2.75) is 37.6 Å². The summed E-state index contributed by atoms with van der Waals surface area (Å²) in [7, 11) is -3.77. The molecule has 0 fully saturated rings. The second-order valence-corrected chi connectivity index (χ2v) is 11.8. The summed E-state index contributed by atoms with van der Waals surface area (Å²) in [6.45, 7) is 6.05. The minimum absolute atomic E-state index is 0.0599. The zero-order valence-corrected chi connectivity index (χ0v) is 22.4. The zero-order valence-electron chi connectivity index (χ0n) is 21.6. The van der Waals surface area contributed by atoms with E-state index in [0.29, 0.717) is 23.8 Å². The van der Waals surface area contributed by atoms with Gasteiger partial charge in [-0.2, -0.15) is 0 Å². The van der Waals surface area contributed by atoms with Gasteiger partial charge < -0.3 is 5.32 Å². The number of aromatic nitrogens is 4. The maximum atomic E-state index is 12.9. The number of rotatable bonds is 8. The third kappa shape index (κ3) is 5.74. The van der Waals surface area contributed by atoms with Crippen molar-refractivity contribution in [1.29, 1.82) is 0 Å². The predicted molar refractivity (Wildman–Crippen MR) is 150 cm³/mol. The highest BCUT2D eigenvalue weighted by Crippen LogP contribution is 2.31. The van der Waals surface area contributed by atoms with E-state index in [0.717, 1.165) is 23.1 Å². The van der Waals surface area contributed by atoms with Crippen LogP contribution in [0.1, 0.15) is 26.3 Å². The summed E-state index contributed by atoms with van der Waals surface area (Å²) in [6.07, 6.45) is 5.62. The molecule has 5 aromatic rings. The molecule has 0 aliphatic carbocycles. The van der Waals surface area contributed by atoms with Crippen molar-refractivity contribution in [3.63, 3.8) is 0 Å². The average Bonchev–Trinajstić information content (AvgIpc) is 3.33. The van der Waals surface area contributed by atoms with Crippen LogP contribution in [0.25, 0.3) is 28.0 Å². The fourth-order valence-corrected chi connectivity index (χ4v) is 5.65. The molecule has 0 atom stereocenters. The Kier molecular flexibility index (Phi) is 6.96. The third-order valence-electron chi connectivity index (χ3n) is 5.87. The van der Waals surface area contributed by atoms with Crippen molar-refractivity contribution in [3.05, 3.63) is 97.0 Å². The van der Waals surface area contributed by atoms with Crippen LogP contribution in [-0.4, -0.2) is 40.1 Å². The van der Waals surface area contributed by atoms with Gasteiger partial charge in [-0.25, -0.2) is 22.6 Å². The molecule has 0 amide bonds. The normalized spacial score (nSPS) is 12.1. The average molecular weight is 527 g/mol. The fourth-order valence-electron chi connectivity index (χ4n) is 4.24. The van der Waals surface area contributed by atoms with E-state index in [1.54, 1.807) is 37.5 Å². The largest absolute Gasteiger partial charge is 0.368 e. The number of nitrogens with zero attached hydrogens (tertiary/aromatic N) is 4. The highest BCUT2D eigenvalue weighted by molar-refractivity contribution is 7.89. The Morgan fingerprint density at radius 1 is 0.895 bits per heavy atom. The first-order valence-electron chi connectivity index (χ1n) is 12.4. The first kappa shape index (κ1) is 25.6. The van der Waals surface area contributed by atoms with Gasteiger partial charge in [0, 0.05) is 41.8 Å². The minimum Gasteiger partial charge on any atom is -0.368 e. The predicted octanol–water partition coefficient (Wildman–Crippen LogP) is 5.19. The molecule has 0 saturated heterocycles. The SMILES string of the molecule is CC(C)(C)NS(=O)(=O)c1cncc(-c2nc(NCCc3ccccc3)c3c(-c4ccccc4)ccn3n2)c1. The molecule has 0 bridgehead atoms. The van der Waals surface area contributed by atoms with Gasteiger partial charge in [-0.05, 0) is 50.5 Å². The molecule has 0 spiro atoms. The molecule has 9 heteroatoms. The number of anilines is 1. The molecule has 3 aromatic heterocycles. The molecule has 0 aliphatic rings. The summed E-state index contributed by atoms with van der Waals surface area (Å²) in [6, 6.07) is 23.9. The van der Waals surface area contributed by atoms with E-state index in [1.165, 1.54) is 11.8 Å². The van der Waals surface area contributed by atoms with Crippen molar-refractivity contribution in [3.8, 4) is 22.5 Å². The maximum Gasteiger partial charge on any atom is 0.242 e. The smallest absolute Gasteiger partial charge is 0.242 e. The van der Waals surface area contributed by atoms with E-state index in [4.69, 9.17) is 10.1 Å². The molecule has 0 radical (unpaired) electrons. The van der Waals surface area contributed by atoms with Crippen LogP contribution in [0.4, 0.5) is 5.82 Å². The van der Waals surface area contributed by atoms with Crippen LogP contribution in [0.2, 0.25) is 0 Å². The summed E-state index contributed by atoms with van der Waals surface area (Å²) in [5.41, 5.74) is 4.00. The van der Waals surface area contributed by atoms with Crippen molar-refractivity contribution in [2.75, 3.05) is 11.9 Å². The van der Waals surface area contributed by atoms with Gasteiger partial charge in [-0.15, -0.1) is 5.10 Å². The van der Waals surface area contributed by atoms with Crippen LogP contribution >= 0.6 is 0 Å². The van der Waals surface area contributed by atoms with Crippen LogP contribution in [-0.2, 0) is 16.4 Å². The molecule has 0 unspecified atom stereocenters. The molecule has 0 aliphatic heterocycles. The van der Waals surface area contributed by atoms with Gasteiger partial charge in [-0.3, -0.25) is 4.98 Å². The number of nitrogens with one attached hydrogen (secondary N) is 2. The van der Waals surface area contributed by atoms with Crippen molar-refractivity contribution >= 4 is 21.4 Å². The lowest BCUT2D eigenvalue weighted by molar-refractivity contribution is 0.491. The van der Waals surface area contributed by atoms with Gasteiger partial charge in [0.25, 0.3) is 0 Å². The topological polar surface area (TPSA) is 101 Å². The van der Waals surface area contributed by atoms with Crippen molar-refractivity contribution in [1.82, 2.24) is 24.3 Å². The standard InChI is InChI=1S/C29H30N6O2S/c1-29(2,3)34-38(36,37)24-18-23(19-30-20-24)27-32-28(31-16-14-21-10-6-4-7-11-21)26-25(15-17-35(26)33-27)22-12-8-5-9-13-22/h4-13,15,17-20,34H,14,16H2,1-3H3,(H,31,32,33). The number of benzene rings is 2. The van der Waals surface area contributed by atoms with Gasteiger partial charge in [0.05, 0.1) is 0 Å². The summed E-state index contributed by atoms with van der Waals surface area (Å²) >= 11 is 0. The summed E-state index contributed by atoms with van der Waals surface area (Å²) < 4.78 is 30.3. The van der Waals surface area contributed by atoms with E-state index < -0.39 is 15.6 Å². The second kappa shape index (κ2) is 10.4. The van der Waals surface area contributed by atoms with Gasteiger partial charge in [0.2, 0.25) is 10.0 Å². The molecule has 5 rings (SSSR count). The summed E-state index contributed by atoms with van der Waals surface area (Å²) in [5.74, 6) is 1.03. The van der Waals surface area contributed by atoms with Crippen LogP contribution in [0.5, 0.6) is 0 Å². The first-order valence-corrected chi connectivity index (χ1v) is 13.9. The maximum absolute atomic E-state index is 12.9. The van der Waals surface area contributed by atoms with E-state index in [-0.39, 0.29) is 4.90 Å².